The van der Waals surface area contributed by atoms with E-state index in [9.17, 15) is 9.59 Å². The standard InChI is InChI=1S/C23H28N4O3/c1-5-9-16(4)25-21(28)14-30-23(29)18-12-20(17-10-7-6-8-11-17)26-22-19(18)13-24-27(22)15(2)3/h6-8,10-13,15-16H,5,9,14H2,1-4H3,(H,25,28)/t16-/m1/s1. The highest BCUT2D eigenvalue weighted by Gasteiger charge is 2.20. The third-order valence-corrected chi connectivity index (χ3v) is 4.81. The lowest BCUT2D eigenvalue weighted by Crippen LogP contribution is -2.35. The molecule has 2 aromatic heterocycles. The normalized spacial score (nSPS) is 12.2. The predicted octanol–water partition coefficient (Wildman–Crippen LogP) is 4.14. The first-order chi connectivity index (χ1) is 14.4. The van der Waals surface area contributed by atoms with Crippen molar-refractivity contribution in [2.45, 2.75) is 52.6 Å². The summed E-state index contributed by atoms with van der Waals surface area (Å²) in [7, 11) is 0. The first kappa shape index (κ1) is 21.5. The minimum absolute atomic E-state index is 0.0443. The van der Waals surface area contributed by atoms with Crippen LogP contribution in [0.4, 0.5) is 0 Å². The number of esters is 1. The Morgan fingerprint density at radius 3 is 2.57 bits per heavy atom. The molecule has 3 aromatic rings. The monoisotopic (exact) mass is 408 g/mol. The van der Waals surface area contributed by atoms with E-state index in [0.29, 0.717) is 22.3 Å². The number of pyridine rings is 1. The van der Waals surface area contributed by atoms with E-state index in [-0.39, 0.29) is 24.6 Å². The lowest BCUT2D eigenvalue weighted by molar-refractivity contribution is -0.124. The highest BCUT2D eigenvalue weighted by atomic mass is 16.5. The molecule has 0 unspecified atom stereocenters. The molecular weight excluding hydrogens is 380 g/mol. The zero-order valence-corrected chi connectivity index (χ0v) is 17.9. The number of nitrogens with one attached hydrogen (secondary N) is 1. The van der Waals surface area contributed by atoms with E-state index in [0.717, 1.165) is 18.4 Å². The largest absolute Gasteiger partial charge is 0.452 e. The Hall–Kier alpha value is -3.22. The van der Waals surface area contributed by atoms with E-state index in [1.807, 2.05) is 51.1 Å². The molecule has 0 bridgehead atoms. The summed E-state index contributed by atoms with van der Waals surface area (Å²) in [6.07, 6.45) is 3.47. The topological polar surface area (TPSA) is 86.1 Å². The van der Waals surface area contributed by atoms with E-state index < -0.39 is 5.97 Å². The Balaban J connectivity index is 1.90. The fourth-order valence-corrected chi connectivity index (χ4v) is 3.35. The van der Waals surface area contributed by atoms with Crippen LogP contribution in [-0.4, -0.2) is 39.3 Å². The summed E-state index contributed by atoms with van der Waals surface area (Å²) in [6.45, 7) is 7.67. The van der Waals surface area contributed by atoms with Crippen molar-refractivity contribution in [1.82, 2.24) is 20.1 Å². The highest BCUT2D eigenvalue weighted by Crippen LogP contribution is 2.26. The summed E-state index contributed by atoms with van der Waals surface area (Å²) in [5.41, 5.74) is 2.49. The van der Waals surface area contributed by atoms with Crippen molar-refractivity contribution >= 4 is 22.9 Å². The Labute approximate surface area is 176 Å². The number of nitrogens with zero attached hydrogens (tertiary/aromatic N) is 3. The number of fused-ring (bicyclic) bond motifs is 1. The van der Waals surface area contributed by atoms with E-state index in [1.54, 1.807) is 16.9 Å². The van der Waals surface area contributed by atoms with E-state index >= 15 is 0 Å². The highest BCUT2D eigenvalue weighted by molar-refractivity contribution is 6.04. The van der Waals surface area contributed by atoms with Gasteiger partial charge in [-0.1, -0.05) is 43.7 Å². The number of benzene rings is 1. The Morgan fingerprint density at radius 1 is 1.17 bits per heavy atom. The van der Waals surface area contributed by atoms with Gasteiger partial charge in [0.2, 0.25) is 0 Å². The molecule has 0 saturated heterocycles. The van der Waals surface area contributed by atoms with Crippen LogP contribution in [0.5, 0.6) is 0 Å². The Kier molecular flexibility index (Phi) is 6.82. The van der Waals surface area contributed by atoms with Gasteiger partial charge in [0.15, 0.2) is 12.3 Å². The van der Waals surface area contributed by atoms with Crippen molar-refractivity contribution in [3.63, 3.8) is 0 Å². The van der Waals surface area contributed by atoms with Gasteiger partial charge in [-0.05, 0) is 33.3 Å². The van der Waals surface area contributed by atoms with Gasteiger partial charge in [-0.25, -0.2) is 14.5 Å². The molecule has 0 aliphatic rings. The number of carbonyl (C=O) groups is 2. The molecule has 0 aliphatic carbocycles. The molecule has 0 radical (unpaired) electrons. The Bertz CT molecular complexity index is 1030. The van der Waals surface area contributed by atoms with Crippen molar-refractivity contribution in [2.75, 3.05) is 6.61 Å². The zero-order chi connectivity index (χ0) is 21.7. The fraction of sp³-hybridized carbons (Fsp3) is 0.391. The third kappa shape index (κ3) is 4.84. The molecule has 2 heterocycles. The number of hydrogen-bond acceptors (Lipinski definition) is 5. The SMILES string of the molecule is CCC[C@@H](C)NC(=O)COC(=O)c1cc(-c2ccccc2)nc2c1cnn2C(C)C. The van der Waals surface area contributed by atoms with Crippen molar-refractivity contribution in [3.05, 3.63) is 48.2 Å². The maximum atomic E-state index is 12.9. The van der Waals surface area contributed by atoms with E-state index in [4.69, 9.17) is 9.72 Å². The van der Waals surface area contributed by atoms with Gasteiger partial charge < -0.3 is 10.1 Å². The maximum absolute atomic E-state index is 12.9. The summed E-state index contributed by atoms with van der Waals surface area (Å²) in [5, 5.41) is 7.84. The molecule has 0 spiro atoms. The molecule has 0 aliphatic heterocycles. The number of carbonyl (C=O) groups excluding carboxylic acids is 2. The first-order valence-corrected chi connectivity index (χ1v) is 10.3. The van der Waals surface area contributed by atoms with Crippen molar-refractivity contribution < 1.29 is 14.3 Å². The van der Waals surface area contributed by atoms with Crippen LogP contribution in [0, 0.1) is 0 Å². The second-order valence-electron chi connectivity index (χ2n) is 7.67. The predicted molar refractivity (Wildman–Crippen MR) is 116 cm³/mol. The zero-order valence-electron chi connectivity index (χ0n) is 17.9. The molecule has 0 fully saturated rings. The summed E-state index contributed by atoms with van der Waals surface area (Å²) in [6, 6.07) is 11.4. The van der Waals surface area contributed by atoms with Gasteiger partial charge in [-0.2, -0.15) is 5.10 Å². The minimum Gasteiger partial charge on any atom is -0.452 e. The van der Waals surface area contributed by atoms with Gasteiger partial charge in [0.1, 0.15) is 0 Å². The summed E-state index contributed by atoms with van der Waals surface area (Å²) >= 11 is 0. The molecule has 1 N–H and O–H groups in total. The molecule has 158 valence electrons. The van der Waals surface area contributed by atoms with E-state index in [2.05, 4.69) is 17.3 Å². The number of amides is 1. The molecule has 1 atom stereocenters. The van der Waals surface area contributed by atoms with Crippen LogP contribution in [0.2, 0.25) is 0 Å². The van der Waals surface area contributed by atoms with Crippen molar-refractivity contribution in [2.24, 2.45) is 0 Å². The van der Waals surface area contributed by atoms with Crippen LogP contribution in [0.1, 0.15) is 56.9 Å². The molecule has 30 heavy (non-hydrogen) atoms. The summed E-state index contributed by atoms with van der Waals surface area (Å²) in [4.78, 5) is 29.7. The molecule has 7 heteroatoms. The average Bonchev–Trinajstić information content (AvgIpc) is 3.16. The number of aromatic nitrogens is 3. The molecule has 7 nitrogen and oxygen atoms in total. The first-order valence-electron chi connectivity index (χ1n) is 10.3. The van der Waals surface area contributed by atoms with Crippen LogP contribution in [-0.2, 0) is 9.53 Å². The smallest absolute Gasteiger partial charge is 0.339 e. The van der Waals surface area contributed by atoms with Crippen LogP contribution >= 0.6 is 0 Å². The van der Waals surface area contributed by atoms with Gasteiger partial charge >= 0.3 is 5.97 Å². The van der Waals surface area contributed by atoms with Crippen LogP contribution < -0.4 is 5.32 Å². The van der Waals surface area contributed by atoms with Crippen molar-refractivity contribution in [3.8, 4) is 11.3 Å². The number of rotatable bonds is 8. The minimum atomic E-state index is -0.568. The van der Waals surface area contributed by atoms with Gasteiger partial charge in [0.05, 0.1) is 22.8 Å². The van der Waals surface area contributed by atoms with Gasteiger partial charge in [-0.3, -0.25) is 4.79 Å². The van der Waals surface area contributed by atoms with Gasteiger partial charge in [0, 0.05) is 17.6 Å². The van der Waals surface area contributed by atoms with Crippen LogP contribution in [0.15, 0.2) is 42.6 Å². The second kappa shape index (κ2) is 9.52. The second-order valence-corrected chi connectivity index (χ2v) is 7.67. The lowest BCUT2D eigenvalue weighted by atomic mass is 10.1. The number of hydrogen-bond donors (Lipinski definition) is 1. The third-order valence-electron chi connectivity index (χ3n) is 4.81. The summed E-state index contributed by atoms with van der Waals surface area (Å²) < 4.78 is 7.10. The van der Waals surface area contributed by atoms with Crippen molar-refractivity contribution in [1.29, 1.82) is 0 Å². The molecule has 1 aromatic carbocycles. The van der Waals surface area contributed by atoms with Crippen LogP contribution in [0.25, 0.3) is 22.3 Å². The van der Waals surface area contributed by atoms with E-state index in [1.165, 1.54) is 0 Å². The van der Waals surface area contributed by atoms with Gasteiger partial charge in [-0.15, -0.1) is 0 Å². The average molecular weight is 409 g/mol. The summed E-state index contributed by atoms with van der Waals surface area (Å²) in [5.74, 6) is -0.878. The molecule has 0 saturated carbocycles. The quantitative estimate of drug-likeness (QED) is 0.566. The number of ether oxygens (including phenoxy) is 1. The van der Waals surface area contributed by atoms with Gasteiger partial charge in [0.25, 0.3) is 5.91 Å². The molecular formula is C23H28N4O3. The lowest BCUT2D eigenvalue weighted by Gasteiger charge is -2.13. The fourth-order valence-electron chi connectivity index (χ4n) is 3.35. The molecule has 1 amide bonds. The maximum Gasteiger partial charge on any atom is 0.339 e. The molecule has 3 rings (SSSR count). The van der Waals surface area contributed by atoms with Crippen LogP contribution in [0.3, 0.4) is 0 Å². The Morgan fingerprint density at radius 2 is 1.90 bits per heavy atom.